The third kappa shape index (κ3) is 2.15. The largest absolute Gasteiger partial charge is 0.396 e. The van der Waals surface area contributed by atoms with Crippen molar-refractivity contribution in [3.8, 4) is 0 Å². The lowest BCUT2D eigenvalue weighted by Crippen LogP contribution is -2.38. The minimum absolute atomic E-state index is 0.0925. The molecular formula is C6H12O4S. The summed E-state index contributed by atoms with van der Waals surface area (Å²) in [4.78, 5) is 0. The van der Waals surface area contributed by atoms with Gasteiger partial charge in [0.15, 0.2) is 9.84 Å². The summed E-state index contributed by atoms with van der Waals surface area (Å²) in [6.45, 7) is -0.128. The molecule has 11 heavy (non-hydrogen) atoms. The highest BCUT2D eigenvalue weighted by Gasteiger charge is 2.30. The maximum Gasteiger partial charge on any atom is 0.152 e. The normalized spacial score (nSPS) is 36.9. The third-order valence-electron chi connectivity index (χ3n) is 2.00. The summed E-state index contributed by atoms with van der Waals surface area (Å²) in [6.07, 6.45) is -0.501. The average Bonchev–Trinajstić information content (AvgIpc) is 1.86. The molecule has 1 rings (SSSR count). The molecule has 0 aliphatic carbocycles. The molecule has 0 radical (unpaired) electrons. The maximum absolute atomic E-state index is 10.9. The zero-order chi connectivity index (χ0) is 8.48. The van der Waals surface area contributed by atoms with E-state index in [4.69, 9.17) is 10.2 Å². The van der Waals surface area contributed by atoms with Crippen LogP contribution < -0.4 is 0 Å². The fourth-order valence-electron chi connectivity index (χ4n) is 1.22. The number of sulfone groups is 1. The molecule has 1 fully saturated rings. The average molecular weight is 180 g/mol. The molecule has 1 aliphatic heterocycles. The first kappa shape index (κ1) is 8.96. The fourth-order valence-corrected chi connectivity index (χ4v) is 2.84. The van der Waals surface area contributed by atoms with Gasteiger partial charge in [-0.25, -0.2) is 8.42 Å². The van der Waals surface area contributed by atoms with E-state index in [0.29, 0.717) is 6.42 Å². The van der Waals surface area contributed by atoms with Crippen LogP contribution in [0, 0.1) is 5.92 Å². The molecule has 1 aliphatic rings. The molecule has 1 heterocycles. The monoisotopic (exact) mass is 180 g/mol. The molecule has 5 heteroatoms. The number of aliphatic hydroxyl groups excluding tert-OH is 2. The highest BCUT2D eigenvalue weighted by molar-refractivity contribution is 7.91. The smallest absolute Gasteiger partial charge is 0.152 e. The lowest BCUT2D eigenvalue weighted by Gasteiger charge is -2.25. The van der Waals surface area contributed by atoms with Crippen LogP contribution in [0.4, 0.5) is 0 Å². The van der Waals surface area contributed by atoms with E-state index < -0.39 is 15.9 Å². The van der Waals surface area contributed by atoms with Crippen molar-refractivity contribution < 1.29 is 18.6 Å². The third-order valence-corrected chi connectivity index (χ3v) is 3.71. The minimum atomic E-state index is -3.04. The van der Waals surface area contributed by atoms with Gasteiger partial charge in [0, 0.05) is 12.5 Å². The molecule has 2 atom stereocenters. The molecule has 66 valence electrons. The van der Waals surface area contributed by atoms with Crippen LogP contribution in [0.15, 0.2) is 0 Å². The van der Waals surface area contributed by atoms with E-state index in [2.05, 4.69) is 0 Å². The van der Waals surface area contributed by atoms with Gasteiger partial charge in [-0.15, -0.1) is 0 Å². The van der Waals surface area contributed by atoms with Crippen molar-refractivity contribution in [1.82, 2.24) is 0 Å². The van der Waals surface area contributed by atoms with Gasteiger partial charge < -0.3 is 10.2 Å². The molecule has 4 nitrogen and oxygen atoms in total. The molecule has 0 spiro atoms. The molecule has 0 saturated carbocycles. The first-order valence-corrected chi connectivity index (χ1v) is 5.36. The highest BCUT2D eigenvalue weighted by atomic mass is 32.2. The summed E-state index contributed by atoms with van der Waals surface area (Å²) in [5.41, 5.74) is 0. The predicted molar refractivity (Wildman–Crippen MR) is 39.9 cm³/mol. The summed E-state index contributed by atoms with van der Waals surface area (Å²) in [5, 5.41) is 17.8. The summed E-state index contributed by atoms with van der Waals surface area (Å²) < 4.78 is 21.8. The zero-order valence-electron chi connectivity index (χ0n) is 6.10. The standard InChI is InChI=1S/C6H12O4S/c7-3-5-1-2-11(9,10)4-6(5)8/h5-8H,1-4H2/t5-,6+/m1/s1. The van der Waals surface area contributed by atoms with Crippen LogP contribution >= 0.6 is 0 Å². The van der Waals surface area contributed by atoms with Crippen molar-refractivity contribution in [2.45, 2.75) is 12.5 Å². The van der Waals surface area contributed by atoms with E-state index in [1.165, 1.54) is 0 Å². The summed E-state index contributed by atoms with van der Waals surface area (Å²) in [6, 6.07) is 0. The van der Waals surface area contributed by atoms with Gasteiger partial charge in [-0.1, -0.05) is 0 Å². The molecule has 1 saturated heterocycles. The Morgan fingerprint density at radius 2 is 2.09 bits per heavy atom. The van der Waals surface area contributed by atoms with Gasteiger partial charge in [-0.05, 0) is 6.42 Å². The van der Waals surface area contributed by atoms with Crippen LogP contribution in [-0.2, 0) is 9.84 Å². The summed E-state index contributed by atoms with van der Waals surface area (Å²) in [7, 11) is -3.04. The minimum Gasteiger partial charge on any atom is -0.396 e. The molecule has 0 unspecified atom stereocenters. The Labute approximate surface area is 65.8 Å². The van der Waals surface area contributed by atoms with Crippen molar-refractivity contribution in [3.05, 3.63) is 0 Å². The Bertz CT molecular complexity index is 221. The van der Waals surface area contributed by atoms with Crippen LogP contribution in [0.3, 0.4) is 0 Å². The highest BCUT2D eigenvalue weighted by Crippen LogP contribution is 2.18. The van der Waals surface area contributed by atoms with Crippen molar-refractivity contribution >= 4 is 9.84 Å². The molecule has 0 aromatic rings. The first-order valence-electron chi connectivity index (χ1n) is 3.54. The number of rotatable bonds is 1. The van der Waals surface area contributed by atoms with Crippen LogP contribution in [-0.4, -0.2) is 42.8 Å². The summed E-state index contributed by atoms with van der Waals surface area (Å²) >= 11 is 0. The van der Waals surface area contributed by atoms with Gasteiger partial charge in [0.25, 0.3) is 0 Å². The Hall–Kier alpha value is -0.130. The fraction of sp³-hybridized carbons (Fsp3) is 1.00. The number of hydrogen-bond donors (Lipinski definition) is 2. The van der Waals surface area contributed by atoms with Crippen LogP contribution in [0.2, 0.25) is 0 Å². The first-order chi connectivity index (χ1) is 5.05. The van der Waals surface area contributed by atoms with Crippen LogP contribution in [0.1, 0.15) is 6.42 Å². The zero-order valence-corrected chi connectivity index (χ0v) is 6.92. The lowest BCUT2D eigenvalue weighted by molar-refractivity contribution is 0.0767. The second-order valence-electron chi connectivity index (χ2n) is 2.91. The van der Waals surface area contributed by atoms with Gasteiger partial charge in [-0.3, -0.25) is 0 Å². The van der Waals surface area contributed by atoms with Gasteiger partial charge in [0.05, 0.1) is 17.6 Å². The van der Waals surface area contributed by atoms with Crippen molar-refractivity contribution in [2.75, 3.05) is 18.1 Å². The predicted octanol–water partition coefficient (Wildman–Crippen LogP) is -1.23. The van der Waals surface area contributed by atoms with Crippen molar-refractivity contribution in [2.24, 2.45) is 5.92 Å². The van der Waals surface area contributed by atoms with E-state index in [-0.39, 0.29) is 24.0 Å². The number of hydrogen-bond acceptors (Lipinski definition) is 4. The SMILES string of the molecule is O=S1(=O)CC[C@H](CO)[C@@H](O)C1. The number of aliphatic hydroxyl groups is 2. The Morgan fingerprint density at radius 1 is 1.45 bits per heavy atom. The molecule has 2 N–H and O–H groups in total. The lowest BCUT2D eigenvalue weighted by atomic mass is 10.0. The van der Waals surface area contributed by atoms with Gasteiger partial charge in [-0.2, -0.15) is 0 Å². The molecule has 0 aromatic heterocycles. The molecular weight excluding hydrogens is 168 g/mol. The molecule has 0 bridgehead atoms. The van der Waals surface area contributed by atoms with Gasteiger partial charge in [0.1, 0.15) is 0 Å². The molecule has 0 aromatic carbocycles. The Kier molecular flexibility index (Phi) is 2.51. The summed E-state index contributed by atoms with van der Waals surface area (Å²) in [5.74, 6) is -0.355. The quantitative estimate of drug-likeness (QED) is 0.530. The maximum atomic E-state index is 10.9. The van der Waals surface area contributed by atoms with Crippen molar-refractivity contribution in [1.29, 1.82) is 0 Å². The second-order valence-corrected chi connectivity index (χ2v) is 5.14. The van der Waals surface area contributed by atoms with Crippen molar-refractivity contribution in [3.63, 3.8) is 0 Å². The van der Waals surface area contributed by atoms with E-state index in [0.717, 1.165) is 0 Å². The van der Waals surface area contributed by atoms with Gasteiger partial charge in [0.2, 0.25) is 0 Å². The Balaban J connectivity index is 2.62. The second kappa shape index (κ2) is 3.08. The topological polar surface area (TPSA) is 74.6 Å². The van der Waals surface area contributed by atoms with E-state index in [1.54, 1.807) is 0 Å². The van der Waals surface area contributed by atoms with Crippen LogP contribution in [0.5, 0.6) is 0 Å². The van der Waals surface area contributed by atoms with E-state index >= 15 is 0 Å². The van der Waals surface area contributed by atoms with Gasteiger partial charge >= 0.3 is 0 Å². The van der Waals surface area contributed by atoms with E-state index in [9.17, 15) is 8.42 Å². The molecule has 0 amide bonds. The van der Waals surface area contributed by atoms with E-state index in [1.807, 2.05) is 0 Å². The van der Waals surface area contributed by atoms with Crippen LogP contribution in [0.25, 0.3) is 0 Å². The Morgan fingerprint density at radius 3 is 2.55 bits per heavy atom.